The number of nitrogens with one attached hydrogen (secondary N) is 1. The first-order valence-corrected chi connectivity index (χ1v) is 7.23. The van der Waals surface area contributed by atoms with E-state index in [-0.39, 0.29) is 18.4 Å². The van der Waals surface area contributed by atoms with Crippen LogP contribution in [0.15, 0.2) is 18.2 Å². The smallest absolute Gasteiger partial charge is 0.246 e. The van der Waals surface area contributed by atoms with Crippen LogP contribution in [-0.2, 0) is 16.1 Å². The molecular weight excluding hydrogens is 295 g/mol. The van der Waals surface area contributed by atoms with Crippen LogP contribution >= 0.6 is 11.6 Å². The number of piperazine rings is 1. The van der Waals surface area contributed by atoms with Crippen LogP contribution in [0.1, 0.15) is 32.8 Å². The molecule has 1 aliphatic rings. The van der Waals surface area contributed by atoms with E-state index in [4.69, 9.17) is 11.6 Å². The Kier molecular flexibility index (Phi) is 4.23. The Balaban J connectivity index is 2.40. The molecule has 0 radical (unpaired) electrons. The molecule has 1 aliphatic heterocycles. The molecule has 2 atom stereocenters. The second kappa shape index (κ2) is 5.64. The SMILES string of the molecule is CCC1(C)C(=O)NC(C)C(=O)N1Cc1cc(Cl)ccc1F. The van der Waals surface area contributed by atoms with Crippen molar-refractivity contribution in [1.82, 2.24) is 10.2 Å². The molecule has 114 valence electrons. The molecule has 2 rings (SSSR count). The molecular formula is C15H18ClFN2O2. The van der Waals surface area contributed by atoms with Crippen LogP contribution in [0.2, 0.25) is 5.02 Å². The molecule has 1 heterocycles. The Morgan fingerprint density at radius 2 is 2.10 bits per heavy atom. The monoisotopic (exact) mass is 312 g/mol. The highest BCUT2D eigenvalue weighted by Crippen LogP contribution is 2.28. The number of carbonyl (C=O) groups excluding carboxylic acids is 2. The van der Waals surface area contributed by atoms with Gasteiger partial charge in [-0.05, 0) is 38.5 Å². The van der Waals surface area contributed by atoms with Crippen LogP contribution in [0.3, 0.4) is 0 Å². The van der Waals surface area contributed by atoms with Crippen molar-refractivity contribution in [3.05, 3.63) is 34.6 Å². The van der Waals surface area contributed by atoms with Crippen LogP contribution in [0.5, 0.6) is 0 Å². The van der Waals surface area contributed by atoms with E-state index in [0.29, 0.717) is 17.0 Å². The average molecular weight is 313 g/mol. The minimum atomic E-state index is -0.988. The van der Waals surface area contributed by atoms with Crippen LogP contribution in [-0.4, -0.2) is 28.3 Å². The quantitative estimate of drug-likeness (QED) is 0.932. The third-order valence-electron chi connectivity index (χ3n) is 4.09. The van der Waals surface area contributed by atoms with E-state index in [1.54, 1.807) is 13.8 Å². The number of rotatable bonds is 3. The maximum atomic E-state index is 13.9. The second-order valence-corrected chi connectivity index (χ2v) is 5.92. The van der Waals surface area contributed by atoms with Gasteiger partial charge in [0.2, 0.25) is 11.8 Å². The predicted octanol–water partition coefficient (Wildman–Crippen LogP) is 2.49. The van der Waals surface area contributed by atoms with Crippen molar-refractivity contribution in [2.75, 3.05) is 0 Å². The lowest BCUT2D eigenvalue weighted by atomic mass is 9.90. The number of hydrogen-bond donors (Lipinski definition) is 1. The third kappa shape index (κ3) is 2.75. The van der Waals surface area contributed by atoms with Gasteiger partial charge in [-0.25, -0.2) is 4.39 Å². The summed E-state index contributed by atoms with van der Waals surface area (Å²) in [5.74, 6) is -0.887. The highest BCUT2D eigenvalue weighted by Gasteiger charge is 2.47. The van der Waals surface area contributed by atoms with Crippen molar-refractivity contribution in [3.8, 4) is 0 Å². The molecule has 1 aromatic carbocycles. The number of amides is 2. The summed E-state index contributed by atoms with van der Waals surface area (Å²) in [5.41, 5.74) is -0.685. The number of nitrogens with zero attached hydrogens (tertiary/aromatic N) is 1. The first kappa shape index (κ1) is 15.8. The maximum absolute atomic E-state index is 13.9. The maximum Gasteiger partial charge on any atom is 0.246 e. The molecule has 4 nitrogen and oxygen atoms in total. The molecule has 0 spiro atoms. The van der Waals surface area contributed by atoms with E-state index >= 15 is 0 Å². The second-order valence-electron chi connectivity index (χ2n) is 5.48. The summed E-state index contributed by atoms with van der Waals surface area (Å²) in [6, 6.07) is 3.59. The van der Waals surface area contributed by atoms with E-state index in [2.05, 4.69) is 5.32 Å². The molecule has 1 fully saturated rings. The van der Waals surface area contributed by atoms with Gasteiger partial charge in [-0.1, -0.05) is 18.5 Å². The van der Waals surface area contributed by atoms with Crippen LogP contribution in [0.4, 0.5) is 4.39 Å². The third-order valence-corrected chi connectivity index (χ3v) is 4.33. The zero-order chi connectivity index (χ0) is 15.8. The molecule has 1 N–H and O–H groups in total. The summed E-state index contributed by atoms with van der Waals surface area (Å²) in [4.78, 5) is 26.1. The van der Waals surface area contributed by atoms with E-state index < -0.39 is 17.4 Å². The molecule has 0 aromatic heterocycles. The van der Waals surface area contributed by atoms with E-state index in [1.165, 1.54) is 23.1 Å². The van der Waals surface area contributed by atoms with Gasteiger partial charge in [-0.3, -0.25) is 9.59 Å². The van der Waals surface area contributed by atoms with Gasteiger partial charge in [0.05, 0.1) is 0 Å². The van der Waals surface area contributed by atoms with Crippen molar-refractivity contribution in [2.45, 2.75) is 45.3 Å². The summed E-state index contributed by atoms with van der Waals surface area (Å²) in [6.07, 6.45) is 0.444. The lowest BCUT2D eigenvalue weighted by Crippen LogP contribution is -2.68. The average Bonchev–Trinajstić information content (AvgIpc) is 2.45. The van der Waals surface area contributed by atoms with Crippen molar-refractivity contribution < 1.29 is 14.0 Å². The Bertz CT molecular complexity index is 593. The Hall–Kier alpha value is -1.62. The largest absolute Gasteiger partial charge is 0.343 e. The zero-order valence-electron chi connectivity index (χ0n) is 12.2. The molecule has 0 bridgehead atoms. The summed E-state index contributed by atoms with van der Waals surface area (Å²) < 4.78 is 13.9. The molecule has 1 aromatic rings. The van der Waals surface area contributed by atoms with Gasteiger partial charge < -0.3 is 10.2 Å². The summed E-state index contributed by atoms with van der Waals surface area (Å²) in [7, 11) is 0. The predicted molar refractivity (Wildman–Crippen MR) is 78.3 cm³/mol. The van der Waals surface area contributed by atoms with Gasteiger partial charge in [0, 0.05) is 17.1 Å². The van der Waals surface area contributed by atoms with Crippen molar-refractivity contribution in [1.29, 1.82) is 0 Å². The Labute approximate surface area is 128 Å². The van der Waals surface area contributed by atoms with Crippen LogP contribution in [0.25, 0.3) is 0 Å². The van der Waals surface area contributed by atoms with Crippen molar-refractivity contribution in [2.24, 2.45) is 0 Å². The van der Waals surface area contributed by atoms with Gasteiger partial charge in [-0.15, -0.1) is 0 Å². The van der Waals surface area contributed by atoms with Gasteiger partial charge in [0.15, 0.2) is 0 Å². The molecule has 2 unspecified atom stereocenters. The number of halogens is 2. The normalized spacial score (nSPS) is 26.0. The van der Waals surface area contributed by atoms with E-state index in [0.717, 1.165) is 0 Å². The number of benzene rings is 1. The molecule has 6 heteroatoms. The lowest BCUT2D eigenvalue weighted by Gasteiger charge is -2.45. The topological polar surface area (TPSA) is 49.4 Å². The van der Waals surface area contributed by atoms with E-state index in [1.807, 2.05) is 6.92 Å². The summed E-state index contributed by atoms with van der Waals surface area (Å²) >= 11 is 5.88. The number of hydrogen-bond acceptors (Lipinski definition) is 2. The van der Waals surface area contributed by atoms with E-state index in [9.17, 15) is 14.0 Å². The lowest BCUT2D eigenvalue weighted by molar-refractivity contribution is -0.157. The van der Waals surface area contributed by atoms with Crippen LogP contribution < -0.4 is 5.32 Å². The highest BCUT2D eigenvalue weighted by atomic mass is 35.5. The summed E-state index contributed by atoms with van der Waals surface area (Å²) in [6.45, 7) is 5.16. The highest BCUT2D eigenvalue weighted by molar-refractivity contribution is 6.30. The number of carbonyl (C=O) groups is 2. The van der Waals surface area contributed by atoms with Gasteiger partial charge in [-0.2, -0.15) is 0 Å². The molecule has 21 heavy (non-hydrogen) atoms. The fourth-order valence-corrected chi connectivity index (χ4v) is 2.65. The minimum Gasteiger partial charge on any atom is -0.343 e. The van der Waals surface area contributed by atoms with Gasteiger partial charge in [0.25, 0.3) is 0 Å². The van der Waals surface area contributed by atoms with Crippen LogP contribution in [0, 0.1) is 5.82 Å². The standard InChI is InChI=1S/C15H18ClFN2O2/c1-4-15(3)14(21)18-9(2)13(20)19(15)8-10-7-11(16)5-6-12(10)17/h5-7,9H,4,8H2,1-3H3,(H,18,21). The fourth-order valence-electron chi connectivity index (χ4n) is 2.45. The molecule has 0 saturated carbocycles. The van der Waals surface area contributed by atoms with Gasteiger partial charge >= 0.3 is 0 Å². The van der Waals surface area contributed by atoms with Crippen molar-refractivity contribution in [3.63, 3.8) is 0 Å². The molecule has 0 aliphatic carbocycles. The fraction of sp³-hybridized carbons (Fsp3) is 0.467. The van der Waals surface area contributed by atoms with Gasteiger partial charge in [0.1, 0.15) is 17.4 Å². The first-order valence-electron chi connectivity index (χ1n) is 6.86. The Morgan fingerprint density at radius 3 is 2.71 bits per heavy atom. The Morgan fingerprint density at radius 1 is 1.43 bits per heavy atom. The minimum absolute atomic E-state index is 0.0212. The molecule has 1 saturated heterocycles. The molecule has 2 amide bonds. The summed E-state index contributed by atoms with van der Waals surface area (Å²) in [5, 5.41) is 3.06. The first-order chi connectivity index (χ1) is 9.79. The zero-order valence-corrected chi connectivity index (χ0v) is 13.0. The van der Waals surface area contributed by atoms with Crippen molar-refractivity contribution >= 4 is 23.4 Å².